The van der Waals surface area contributed by atoms with E-state index in [-0.39, 0.29) is 0 Å². The second-order valence-electron chi connectivity index (χ2n) is 4.84. The fourth-order valence-electron chi connectivity index (χ4n) is 1.46. The van der Waals surface area contributed by atoms with Crippen molar-refractivity contribution in [3.8, 4) is 0 Å². The Labute approximate surface area is 113 Å². The van der Waals surface area contributed by atoms with Gasteiger partial charge in [-0.25, -0.2) is 9.78 Å². The molecule has 18 heavy (non-hydrogen) atoms. The van der Waals surface area contributed by atoms with Gasteiger partial charge in [0.2, 0.25) is 0 Å². The van der Waals surface area contributed by atoms with E-state index in [1.165, 1.54) is 0 Å². The Morgan fingerprint density at radius 1 is 1.50 bits per heavy atom. The summed E-state index contributed by atoms with van der Waals surface area (Å²) >= 11 is 3.37. The van der Waals surface area contributed by atoms with Crippen molar-refractivity contribution in [2.24, 2.45) is 0 Å². The van der Waals surface area contributed by atoms with Gasteiger partial charge < -0.3 is 4.74 Å². The van der Waals surface area contributed by atoms with E-state index in [9.17, 15) is 4.79 Å². The van der Waals surface area contributed by atoms with Crippen LogP contribution in [0.2, 0.25) is 0 Å². The lowest BCUT2D eigenvalue weighted by molar-refractivity contribution is 0.0635. The van der Waals surface area contributed by atoms with E-state index >= 15 is 0 Å². The number of nitrogens with one attached hydrogen (secondary N) is 1. The number of aromatic nitrogens is 2. The van der Waals surface area contributed by atoms with E-state index in [0.717, 1.165) is 10.1 Å². The van der Waals surface area contributed by atoms with Gasteiger partial charge in [0.15, 0.2) is 0 Å². The highest BCUT2D eigenvalue weighted by Gasteiger charge is 2.17. The first-order valence-corrected chi connectivity index (χ1v) is 6.27. The number of imidazole rings is 1. The van der Waals surface area contributed by atoms with Crippen LogP contribution in [0.25, 0.3) is 5.65 Å². The highest BCUT2D eigenvalue weighted by Crippen LogP contribution is 2.17. The van der Waals surface area contributed by atoms with Crippen LogP contribution in [0.4, 0.5) is 10.6 Å². The molecule has 2 rings (SSSR count). The van der Waals surface area contributed by atoms with Gasteiger partial charge in [0, 0.05) is 10.7 Å². The van der Waals surface area contributed by atoms with Gasteiger partial charge in [0.25, 0.3) is 0 Å². The first-order chi connectivity index (χ1) is 8.35. The second kappa shape index (κ2) is 4.61. The second-order valence-corrected chi connectivity index (χ2v) is 5.76. The van der Waals surface area contributed by atoms with E-state index in [4.69, 9.17) is 4.74 Å². The number of carbonyl (C=O) groups is 1. The third-order valence-corrected chi connectivity index (χ3v) is 2.60. The Hall–Kier alpha value is -1.56. The molecule has 0 fully saturated rings. The van der Waals surface area contributed by atoms with E-state index in [0.29, 0.717) is 5.82 Å². The number of hydrogen-bond donors (Lipinski definition) is 1. The Bertz CT molecular complexity index is 587. The lowest BCUT2D eigenvalue weighted by Gasteiger charge is -2.19. The number of fused-ring (bicyclic) bond motifs is 1. The van der Waals surface area contributed by atoms with Crippen LogP contribution in [0, 0.1) is 0 Å². The molecule has 2 aromatic heterocycles. The van der Waals surface area contributed by atoms with Crippen LogP contribution in [0.5, 0.6) is 0 Å². The molecule has 0 atom stereocenters. The third kappa shape index (κ3) is 3.01. The summed E-state index contributed by atoms with van der Waals surface area (Å²) in [5.74, 6) is 0.576. The molecule has 0 aliphatic rings. The minimum Gasteiger partial charge on any atom is -0.444 e. The summed E-state index contributed by atoms with van der Waals surface area (Å²) in [6.45, 7) is 5.45. The number of pyridine rings is 1. The summed E-state index contributed by atoms with van der Waals surface area (Å²) in [6.07, 6.45) is 2.91. The summed E-state index contributed by atoms with van der Waals surface area (Å²) in [7, 11) is 0. The molecule has 0 aliphatic carbocycles. The van der Waals surface area contributed by atoms with Crippen LogP contribution in [-0.2, 0) is 4.74 Å². The van der Waals surface area contributed by atoms with Gasteiger partial charge in [-0.1, -0.05) is 15.9 Å². The number of halogens is 1. The first kappa shape index (κ1) is 12.9. The molecule has 0 saturated heterocycles. The molecule has 0 aromatic carbocycles. The molecule has 0 saturated carbocycles. The van der Waals surface area contributed by atoms with Crippen LogP contribution < -0.4 is 5.32 Å². The van der Waals surface area contributed by atoms with Crippen molar-refractivity contribution in [3.05, 3.63) is 29.0 Å². The van der Waals surface area contributed by atoms with Gasteiger partial charge in [-0.3, -0.25) is 9.72 Å². The van der Waals surface area contributed by atoms with Crippen molar-refractivity contribution >= 4 is 33.5 Å². The smallest absolute Gasteiger partial charge is 0.413 e. The van der Waals surface area contributed by atoms with Gasteiger partial charge in [-0.05, 0) is 32.9 Å². The molecular weight excluding hydrogens is 298 g/mol. The Morgan fingerprint density at radius 2 is 2.22 bits per heavy atom. The van der Waals surface area contributed by atoms with Crippen molar-refractivity contribution in [2.75, 3.05) is 5.32 Å². The fourth-order valence-corrected chi connectivity index (χ4v) is 1.78. The third-order valence-electron chi connectivity index (χ3n) is 2.10. The maximum Gasteiger partial charge on any atom is 0.413 e. The summed E-state index contributed by atoms with van der Waals surface area (Å²) < 4.78 is 7.89. The average Bonchev–Trinajstić information content (AvgIpc) is 2.57. The average molecular weight is 312 g/mol. The lowest BCUT2D eigenvalue weighted by atomic mass is 10.2. The minimum absolute atomic E-state index is 0.493. The molecule has 2 heterocycles. The summed E-state index contributed by atoms with van der Waals surface area (Å²) in [6, 6.07) is 3.73. The zero-order valence-corrected chi connectivity index (χ0v) is 12.0. The summed E-state index contributed by atoms with van der Waals surface area (Å²) in [5, 5.41) is 2.66. The molecular formula is C12H14BrN3O2. The zero-order chi connectivity index (χ0) is 13.3. The van der Waals surface area contributed by atoms with Crippen molar-refractivity contribution < 1.29 is 9.53 Å². The van der Waals surface area contributed by atoms with E-state index < -0.39 is 11.7 Å². The lowest BCUT2D eigenvalue weighted by Crippen LogP contribution is -2.27. The summed E-state index contributed by atoms with van der Waals surface area (Å²) in [5.41, 5.74) is 0.226. The van der Waals surface area contributed by atoms with Crippen molar-refractivity contribution in [1.82, 2.24) is 9.38 Å². The van der Waals surface area contributed by atoms with E-state index in [1.54, 1.807) is 10.6 Å². The number of amides is 1. The molecule has 0 radical (unpaired) electrons. The predicted octanol–water partition coefficient (Wildman–Crippen LogP) is 3.44. The normalized spacial score (nSPS) is 11.6. The quantitative estimate of drug-likeness (QED) is 0.877. The van der Waals surface area contributed by atoms with Crippen LogP contribution >= 0.6 is 15.9 Å². The number of anilines is 1. The van der Waals surface area contributed by atoms with Crippen molar-refractivity contribution in [1.29, 1.82) is 0 Å². The Morgan fingerprint density at radius 3 is 2.89 bits per heavy atom. The molecule has 2 aromatic rings. The van der Waals surface area contributed by atoms with E-state index in [2.05, 4.69) is 26.2 Å². The van der Waals surface area contributed by atoms with Gasteiger partial charge in [-0.2, -0.15) is 0 Å². The predicted molar refractivity (Wildman–Crippen MR) is 72.7 cm³/mol. The minimum atomic E-state index is -0.520. The Kier molecular flexibility index (Phi) is 3.30. The topological polar surface area (TPSA) is 55.6 Å². The molecule has 1 N–H and O–H groups in total. The maximum absolute atomic E-state index is 11.7. The van der Waals surface area contributed by atoms with Crippen molar-refractivity contribution in [2.45, 2.75) is 26.4 Å². The van der Waals surface area contributed by atoms with Crippen LogP contribution in [0.3, 0.4) is 0 Å². The van der Waals surface area contributed by atoms with Gasteiger partial charge in [-0.15, -0.1) is 0 Å². The largest absolute Gasteiger partial charge is 0.444 e. The van der Waals surface area contributed by atoms with Gasteiger partial charge >= 0.3 is 6.09 Å². The highest BCUT2D eigenvalue weighted by atomic mass is 79.9. The van der Waals surface area contributed by atoms with Crippen molar-refractivity contribution in [3.63, 3.8) is 0 Å². The fraction of sp³-hybridized carbons (Fsp3) is 0.333. The number of carbonyl (C=O) groups excluding carboxylic acids is 1. The highest BCUT2D eigenvalue weighted by molar-refractivity contribution is 9.10. The standard InChI is InChI=1S/C12H14BrN3O2/c1-12(2,3)18-11(17)15-10-7-14-9-6-8(13)4-5-16(9)10/h4-7H,1-3H3,(H,15,17). The molecule has 96 valence electrons. The maximum atomic E-state index is 11.7. The number of hydrogen-bond acceptors (Lipinski definition) is 3. The molecule has 0 aliphatic heterocycles. The van der Waals surface area contributed by atoms with Gasteiger partial charge in [0.1, 0.15) is 17.1 Å². The molecule has 0 bridgehead atoms. The Balaban J connectivity index is 2.20. The monoisotopic (exact) mass is 311 g/mol. The first-order valence-electron chi connectivity index (χ1n) is 5.48. The molecule has 0 unspecified atom stereocenters. The molecule has 1 amide bonds. The number of nitrogens with zero attached hydrogens (tertiary/aromatic N) is 2. The summed E-state index contributed by atoms with van der Waals surface area (Å²) in [4.78, 5) is 15.8. The van der Waals surface area contributed by atoms with Crippen LogP contribution in [0.1, 0.15) is 20.8 Å². The molecule has 5 nitrogen and oxygen atoms in total. The van der Waals surface area contributed by atoms with E-state index in [1.807, 2.05) is 39.1 Å². The SMILES string of the molecule is CC(C)(C)OC(=O)Nc1cnc2cc(Br)ccn12. The van der Waals surface area contributed by atoms with Crippen LogP contribution in [0.15, 0.2) is 29.0 Å². The number of ether oxygens (including phenoxy) is 1. The molecule has 6 heteroatoms. The molecule has 0 spiro atoms. The zero-order valence-electron chi connectivity index (χ0n) is 10.4. The number of rotatable bonds is 1. The van der Waals surface area contributed by atoms with Crippen LogP contribution in [-0.4, -0.2) is 21.1 Å². The van der Waals surface area contributed by atoms with Gasteiger partial charge in [0.05, 0.1) is 6.20 Å².